The summed E-state index contributed by atoms with van der Waals surface area (Å²) in [5.41, 5.74) is 0. The Hall–Kier alpha value is -0.610. The third-order valence-electron chi connectivity index (χ3n) is 4.36. The van der Waals surface area contributed by atoms with Gasteiger partial charge in [-0.2, -0.15) is 0 Å². The minimum Gasteiger partial charge on any atom is -0.339 e. The predicted octanol–water partition coefficient (Wildman–Crippen LogP) is 0.537. The summed E-state index contributed by atoms with van der Waals surface area (Å²) in [6, 6.07) is 0.953. The lowest BCUT2D eigenvalue weighted by atomic mass is 9.95. The monoisotopic (exact) mass is 239 g/mol. The van der Waals surface area contributed by atoms with E-state index in [1.54, 1.807) is 0 Å². The number of carbonyl (C=O) groups is 1. The van der Waals surface area contributed by atoms with Gasteiger partial charge in [0, 0.05) is 31.1 Å². The van der Waals surface area contributed by atoms with Crippen LogP contribution in [0.15, 0.2) is 0 Å². The molecule has 2 aliphatic heterocycles. The second-order valence-electron chi connectivity index (χ2n) is 5.63. The summed E-state index contributed by atoms with van der Waals surface area (Å²) >= 11 is 0. The number of hydrogen-bond donors (Lipinski definition) is 1. The van der Waals surface area contributed by atoms with Crippen molar-refractivity contribution in [3.8, 4) is 0 Å². The predicted molar refractivity (Wildman–Crippen MR) is 68.9 cm³/mol. The zero-order valence-electron chi connectivity index (χ0n) is 11.3. The standard InChI is InChI=1S/C13H25N3O/c1-10-8-16(9-11(2)15(10)3)13(17)12-4-6-14-7-5-12/h10-12,14H,4-9H2,1-3H3. The number of piperidine rings is 1. The van der Waals surface area contributed by atoms with E-state index >= 15 is 0 Å². The Morgan fingerprint density at radius 3 is 2.18 bits per heavy atom. The molecule has 2 aliphatic rings. The van der Waals surface area contributed by atoms with Gasteiger partial charge in [0.15, 0.2) is 0 Å². The van der Waals surface area contributed by atoms with Gasteiger partial charge in [-0.15, -0.1) is 0 Å². The Balaban J connectivity index is 1.95. The quantitative estimate of drug-likeness (QED) is 0.725. The SMILES string of the molecule is CC1CN(C(=O)C2CCNCC2)CC(C)N1C. The fourth-order valence-electron chi connectivity index (χ4n) is 2.91. The molecule has 0 bridgehead atoms. The molecule has 0 saturated carbocycles. The van der Waals surface area contributed by atoms with Crippen LogP contribution in [-0.2, 0) is 4.79 Å². The van der Waals surface area contributed by atoms with E-state index < -0.39 is 0 Å². The normalized spacial score (nSPS) is 32.8. The molecular weight excluding hydrogens is 214 g/mol. The molecule has 4 nitrogen and oxygen atoms in total. The van der Waals surface area contributed by atoms with Crippen molar-refractivity contribution >= 4 is 5.91 Å². The topological polar surface area (TPSA) is 35.6 Å². The molecule has 17 heavy (non-hydrogen) atoms. The molecular formula is C13H25N3O. The first-order chi connectivity index (χ1) is 8.09. The summed E-state index contributed by atoms with van der Waals surface area (Å²) in [4.78, 5) is 16.9. The van der Waals surface area contributed by atoms with Crippen LogP contribution in [0.2, 0.25) is 0 Å². The van der Waals surface area contributed by atoms with Crippen molar-refractivity contribution in [1.82, 2.24) is 15.1 Å². The number of piperazine rings is 1. The highest BCUT2D eigenvalue weighted by Crippen LogP contribution is 2.20. The van der Waals surface area contributed by atoms with Crippen LogP contribution in [0.25, 0.3) is 0 Å². The van der Waals surface area contributed by atoms with Crippen molar-refractivity contribution in [2.75, 3.05) is 33.2 Å². The van der Waals surface area contributed by atoms with E-state index in [1.165, 1.54) is 0 Å². The van der Waals surface area contributed by atoms with Gasteiger partial charge in [-0.05, 0) is 46.8 Å². The van der Waals surface area contributed by atoms with Crippen LogP contribution in [0, 0.1) is 5.92 Å². The number of rotatable bonds is 1. The van der Waals surface area contributed by atoms with Crippen LogP contribution < -0.4 is 5.32 Å². The molecule has 0 spiro atoms. The molecule has 2 saturated heterocycles. The van der Waals surface area contributed by atoms with Crippen LogP contribution in [0.3, 0.4) is 0 Å². The van der Waals surface area contributed by atoms with E-state index in [1.807, 2.05) is 0 Å². The van der Waals surface area contributed by atoms with Gasteiger partial charge in [0.25, 0.3) is 0 Å². The summed E-state index contributed by atoms with van der Waals surface area (Å²) in [6.45, 7) is 8.19. The Kier molecular flexibility index (Phi) is 4.05. The Labute approximate surface area is 104 Å². The van der Waals surface area contributed by atoms with E-state index in [0.717, 1.165) is 39.0 Å². The second kappa shape index (κ2) is 5.36. The molecule has 0 aromatic heterocycles. The maximum absolute atomic E-state index is 12.4. The number of amides is 1. The molecule has 4 heteroatoms. The smallest absolute Gasteiger partial charge is 0.225 e. The molecule has 2 rings (SSSR count). The van der Waals surface area contributed by atoms with Gasteiger partial charge in [-0.3, -0.25) is 9.69 Å². The van der Waals surface area contributed by atoms with Gasteiger partial charge in [-0.1, -0.05) is 0 Å². The van der Waals surface area contributed by atoms with Gasteiger partial charge >= 0.3 is 0 Å². The number of hydrogen-bond acceptors (Lipinski definition) is 3. The van der Waals surface area contributed by atoms with Crippen molar-refractivity contribution in [2.45, 2.75) is 38.8 Å². The molecule has 0 aromatic carbocycles. The van der Waals surface area contributed by atoms with Gasteiger partial charge in [0.2, 0.25) is 5.91 Å². The van der Waals surface area contributed by atoms with E-state index in [2.05, 4.69) is 36.0 Å². The second-order valence-corrected chi connectivity index (χ2v) is 5.63. The first-order valence-corrected chi connectivity index (χ1v) is 6.81. The third kappa shape index (κ3) is 2.80. The van der Waals surface area contributed by atoms with Crippen LogP contribution in [0.1, 0.15) is 26.7 Å². The highest BCUT2D eigenvalue weighted by atomic mass is 16.2. The summed E-state index contributed by atoms with van der Waals surface area (Å²) in [5.74, 6) is 0.650. The first-order valence-electron chi connectivity index (χ1n) is 6.81. The van der Waals surface area contributed by atoms with Crippen molar-refractivity contribution < 1.29 is 4.79 Å². The summed E-state index contributed by atoms with van der Waals surface area (Å²) < 4.78 is 0. The lowest BCUT2D eigenvalue weighted by Gasteiger charge is -2.43. The van der Waals surface area contributed by atoms with Crippen molar-refractivity contribution in [2.24, 2.45) is 5.92 Å². The van der Waals surface area contributed by atoms with E-state index in [0.29, 0.717) is 18.0 Å². The van der Waals surface area contributed by atoms with Crippen molar-refractivity contribution in [3.05, 3.63) is 0 Å². The number of carbonyl (C=O) groups excluding carboxylic acids is 1. The van der Waals surface area contributed by atoms with Crippen LogP contribution in [0.5, 0.6) is 0 Å². The molecule has 2 atom stereocenters. The first kappa shape index (κ1) is 12.8. The fraction of sp³-hybridized carbons (Fsp3) is 0.923. The van der Waals surface area contributed by atoms with Crippen molar-refractivity contribution in [3.63, 3.8) is 0 Å². The van der Waals surface area contributed by atoms with Crippen LogP contribution >= 0.6 is 0 Å². The molecule has 2 heterocycles. The summed E-state index contributed by atoms with van der Waals surface area (Å²) in [7, 11) is 2.15. The Bertz CT molecular complexity index is 264. The molecule has 98 valence electrons. The molecule has 1 N–H and O–H groups in total. The van der Waals surface area contributed by atoms with Crippen LogP contribution in [0.4, 0.5) is 0 Å². The zero-order valence-corrected chi connectivity index (χ0v) is 11.3. The average molecular weight is 239 g/mol. The highest BCUT2D eigenvalue weighted by Gasteiger charge is 2.32. The third-order valence-corrected chi connectivity index (χ3v) is 4.36. The molecule has 0 aromatic rings. The van der Waals surface area contributed by atoms with E-state index in [-0.39, 0.29) is 5.92 Å². The summed E-state index contributed by atoms with van der Waals surface area (Å²) in [6.07, 6.45) is 2.02. The lowest BCUT2D eigenvalue weighted by Crippen LogP contribution is -2.57. The van der Waals surface area contributed by atoms with E-state index in [4.69, 9.17) is 0 Å². The van der Waals surface area contributed by atoms with Crippen LogP contribution in [-0.4, -0.2) is 61.0 Å². The van der Waals surface area contributed by atoms with Gasteiger partial charge < -0.3 is 10.2 Å². The number of nitrogens with one attached hydrogen (secondary N) is 1. The molecule has 0 aliphatic carbocycles. The van der Waals surface area contributed by atoms with Crippen molar-refractivity contribution in [1.29, 1.82) is 0 Å². The molecule has 2 fully saturated rings. The highest BCUT2D eigenvalue weighted by molar-refractivity contribution is 5.79. The average Bonchev–Trinajstić information content (AvgIpc) is 2.35. The minimum absolute atomic E-state index is 0.263. The fourth-order valence-corrected chi connectivity index (χ4v) is 2.91. The maximum Gasteiger partial charge on any atom is 0.225 e. The van der Waals surface area contributed by atoms with Gasteiger partial charge in [-0.25, -0.2) is 0 Å². The number of likely N-dealkylation sites (N-methyl/N-ethyl adjacent to an activating group) is 1. The lowest BCUT2D eigenvalue weighted by molar-refractivity contribution is -0.140. The minimum atomic E-state index is 0.263. The molecule has 0 radical (unpaired) electrons. The maximum atomic E-state index is 12.4. The van der Waals surface area contributed by atoms with Gasteiger partial charge in [0.05, 0.1) is 0 Å². The van der Waals surface area contributed by atoms with Gasteiger partial charge in [0.1, 0.15) is 0 Å². The zero-order chi connectivity index (χ0) is 12.4. The molecule has 2 unspecified atom stereocenters. The number of nitrogens with zero attached hydrogens (tertiary/aromatic N) is 2. The molecule has 1 amide bonds. The largest absolute Gasteiger partial charge is 0.339 e. The van der Waals surface area contributed by atoms with E-state index in [9.17, 15) is 4.79 Å². The Morgan fingerprint density at radius 1 is 1.12 bits per heavy atom. The summed E-state index contributed by atoms with van der Waals surface area (Å²) in [5, 5.41) is 3.32. The Morgan fingerprint density at radius 2 is 1.65 bits per heavy atom.